The minimum Gasteiger partial charge on any atom is -0.493 e. The lowest BCUT2D eigenvalue weighted by Gasteiger charge is -2.13. The van der Waals surface area contributed by atoms with Crippen LogP contribution in [0.2, 0.25) is 0 Å². The molecular weight excluding hydrogens is 433 g/mol. The van der Waals surface area contributed by atoms with Gasteiger partial charge in [0.2, 0.25) is 0 Å². The van der Waals surface area contributed by atoms with E-state index in [0.717, 1.165) is 16.7 Å². The molecule has 0 aliphatic heterocycles. The molecule has 0 saturated carbocycles. The maximum atomic E-state index is 12.2. The van der Waals surface area contributed by atoms with Gasteiger partial charge in [0.1, 0.15) is 12.4 Å². The SMILES string of the molecule is COc1cc(CNCc2ccc(OC(F)(F)F)cc2)ccc1OCc1ccncc1.Cl. The van der Waals surface area contributed by atoms with E-state index >= 15 is 0 Å². The van der Waals surface area contributed by atoms with Gasteiger partial charge < -0.3 is 19.5 Å². The minimum absolute atomic E-state index is 0. The first kappa shape index (κ1) is 24.3. The number of benzene rings is 2. The molecule has 0 amide bonds. The molecular formula is C22H22ClF3N2O3. The Hall–Kier alpha value is -2.97. The van der Waals surface area contributed by atoms with Crippen LogP contribution in [0.1, 0.15) is 16.7 Å². The van der Waals surface area contributed by atoms with Crippen molar-refractivity contribution >= 4 is 12.4 Å². The first-order chi connectivity index (χ1) is 14.4. The molecule has 2 aromatic carbocycles. The predicted molar refractivity (Wildman–Crippen MR) is 112 cm³/mol. The van der Waals surface area contributed by atoms with Gasteiger partial charge in [0.25, 0.3) is 0 Å². The highest BCUT2D eigenvalue weighted by atomic mass is 35.5. The maximum Gasteiger partial charge on any atom is 0.573 e. The van der Waals surface area contributed by atoms with E-state index in [1.807, 2.05) is 30.3 Å². The van der Waals surface area contributed by atoms with Crippen LogP contribution in [0, 0.1) is 0 Å². The molecule has 5 nitrogen and oxygen atoms in total. The second-order valence-corrected chi connectivity index (χ2v) is 6.42. The molecule has 0 radical (unpaired) electrons. The number of aromatic nitrogens is 1. The van der Waals surface area contributed by atoms with Gasteiger partial charge in [-0.2, -0.15) is 0 Å². The zero-order chi connectivity index (χ0) is 21.4. The molecule has 0 aliphatic rings. The monoisotopic (exact) mass is 454 g/mol. The van der Waals surface area contributed by atoms with Gasteiger partial charge >= 0.3 is 6.36 Å². The summed E-state index contributed by atoms with van der Waals surface area (Å²) in [6, 6.07) is 15.2. The molecule has 3 aromatic rings. The van der Waals surface area contributed by atoms with Crippen molar-refractivity contribution in [3.05, 3.63) is 83.7 Å². The minimum atomic E-state index is -4.69. The second kappa shape index (κ2) is 11.4. The Morgan fingerprint density at radius 2 is 1.48 bits per heavy atom. The van der Waals surface area contributed by atoms with Crippen LogP contribution in [-0.4, -0.2) is 18.5 Å². The van der Waals surface area contributed by atoms with Gasteiger partial charge in [0.15, 0.2) is 11.5 Å². The van der Waals surface area contributed by atoms with Gasteiger partial charge in [-0.1, -0.05) is 18.2 Å². The number of rotatable bonds is 9. The second-order valence-electron chi connectivity index (χ2n) is 6.42. The molecule has 0 bridgehead atoms. The summed E-state index contributed by atoms with van der Waals surface area (Å²) >= 11 is 0. The van der Waals surface area contributed by atoms with E-state index in [1.165, 1.54) is 12.1 Å². The maximum absolute atomic E-state index is 12.2. The number of alkyl halides is 3. The van der Waals surface area contributed by atoms with Crippen LogP contribution in [0.3, 0.4) is 0 Å². The largest absolute Gasteiger partial charge is 0.573 e. The van der Waals surface area contributed by atoms with Crippen molar-refractivity contribution in [2.75, 3.05) is 7.11 Å². The standard InChI is InChI=1S/C22H21F3N2O3.ClH/c1-28-21-12-18(4-7-20(21)29-15-17-8-10-26-11-9-17)14-27-13-16-2-5-19(6-3-16)30-22(23,24)25;/h2-12,27H,13-15H2,1H3;1H. The smallest absolute Gasteiger partial charge is 0.493 e. The Morgan fingerprint density at radius 3 is 2.13 bits per heavy atom. The fourth-order valence-corrected chi connectivity index (χ4v) is 2.74. The molecule has 0 fully saturated rings. The summed E-state index contributed by atoms with van der Waals surface area (Å²) in [6.07, 6.45) is -1.27. The van der Waals surface area contributed by atoms with Crippen molar-refractivity contribution in [3.8, 4) is 17.2 Å². The highest BCUT2D eigenvalue weighted by Crippen LogP contribution is 2.29. The van der Waals surface area contributed by atoms with Crippen LogP contribution in [-0.2, 0) is 19.7 Å². The fourth-order valence-electron chi connectivity index (χ4n) is 2.74. The Kier molecular flexibility index (Phi) is 8.96. The summed E-state index contributed by atoms with van der Waals surface area (Å²) in [5.41, 5.74) is 2.83. The summed E-state index contributed by atoms with van der Waals surface area (Å²) < 4.78 is 51.7. The zero-order valence-electron chi connectivity index (χ0n) is 16.7. The number of hydrogen-bond donors (Lipinski definition) is 1. The summed E-state index contributed by atoms with van der Waals surface area (Å²) in [7, 11) is 1.58. The summed E-state index contributed by atoms with van der Waals surface area (Å²) in [4.78, 5) is 3.98. The molecule has 0 unspecified atom stereocenters. The molecule has 1 aromatic heterocycles. The number of nitrogens with zero attached hydrogens (tertiary/aromatic N) is 1. The number of nitrogens with one attached hydrogen (secondary N) is 1. The number of hydrogen-bond acceptors (Lipinski definition) is 5. The Bertz CT molecular complexity index is 939. The van der Waals surface area contributed by atoms with E-state index in [9.17, 15) is 13.2 Å². The summed E-state index contributed by atoms with van der Waals surface area (Å²) in [6.45, 7) is 1.46. The summed E-state index contributed by atoms with van der Waals surface area (Å²) in [5.74, 6) is 1.02. The van der Waals surface area contributed by atoms with Crippen molar-refractivity contribution in [2.24, 2.45) is 0 Å². The van der Waals surface area contributed by atoms with Gasteiger partial charge in [0, 0.05) is 25.5 Å². The van der Waals surface area contributed by atoms with E-state index in [1.54, 1.807) is 31.6 Å². The third-order valence-electron chi connectivity index (χ3n) is 4.19. The lowest BCUT2D eigenvalue weighted by atomic mass is 10.1. The van der Waals surface area contributed by atoms with Crippen LogP contribution < -0.4 is 19.5 Å². The van der Waals surface area contributed by atoms with Crippen LogP contribution in [0.5, 0.6) is 17.2 Å². The van der Waals surface area contributed by atoms with Gasteiger partial charge in [-0.3, -0.25) is 4.98 Å². The van der Waals surface area contributed by atoms with Gasteiger partial charge in [-0.25, -0.2) is 0 Å². The Morgan fingerprint density at radius 1 is 0.839 bits per heavy atom. The number of methoxy groups -OCH3 is 1. The van der Waals surface area contributed by atoms with Crippen molar-refractivity contribution in [2.45, 2.75) is 26.1 Å². The lowest BCUT2D eigenvalue weighted by molar-refractivity contribution is -0.274. The molecule has 0 aliphatic carbocycles. The van der Waals surface area contributed by atoms with E-state index in [2.05, 4.69) is 15.0 Å². The van der Waals surface area contributed by atoms with Gasteiger partial charge in [-0.05, 0) is 53.1 Å². The predicted octanol–water partition coefficient (Wildman–Crippen LogP) is 5.28. The van der Waals surface area contributed by atoms with Crippen LogP contribution in [0.25, 0.3) is 0 Å². The van der Waals surface area contributed by atoms with Crippen molar-refractivity contribution < 1.29 is 27.4 Å². The van der Waals surface area contributed by atoms with Gasteiger partial charge in [-0.15, -0.1) is 25.6 Å². The Balaban J connectivity index is 0.00000341. The first-order valence-corrected chi connectivity index (χ1v) is 9.17. The van der Waals surface area contributed by atoms with Crippen molar-refractivity contribution in [3.63, 3.8) is 0 Å². The molecule has 166 valence electrons. The van der Waals surface area contributed by atoms with E-state index in [0.29, 0.717) is 31.2 Å². The van der Waals surface area contributed by atoms with Gasteiger partial charge in [0.05, 0.1) is 7.11 Å². The first-order valence-electron chi connectivity index (χ1n) is 9.17. The lowest BCUT2D eigenvalue weighted by Crippen LogP contribution is -2.17. The molecule has 1 N–H and O–H groups in total. The number of pyridine rings is 1. The van der Waals surface area contributed by atoms with E-state index in [4.69, 9.17) is 9.47 Å². The normalized spacial score (nSPS) is 10.8. The third kappa shape index (κ3) is 7.99. The average molecular weight is 455 g/mol. The summed E-state index contributed by atoms with van der Waals surface area (Å²) in [5, 5.41) is 3.25. The molecule has 0 spiro atoms. The topological polar surface area (TPSA) is 52.6 Å². The molecule has 9 heteroatoms. The average Bonchev–Trinajstić information content (AvgIpc) is 2.73. The molecule has 3 rings (SSSR count). The van der Waals surface area contributed by atoms with Crippen molar-refractivity contribution in [1.29, 1.82) is 0 Å². The molecule has 0 saturated heterocycles. The number of halogens is 4. The highest BCUT2D eigenvalue weighted by Gasteiger charge is 2.30. The van der Waals surface area contributed by atoms with Crippen molar-refractivity contribution in [1.82, 2.24) is 10.3 Å². The molecule has 31 heavy (non-hydrogen) atoms. The highest BCUT2D eigenvalue weighted by molar-refractivity contribution is 5.85. The quantitative estimate of drug-likeness (QED) is 0.477. The Labute approximate surface area is 184 Å². The molecule has 1 heterocycles. The van der Waals surface area contributed by atoms with E-state index < -0.39 is 6.36 Å². The zero-order valence-corrected chi connectivity index (χ0v) is 17.5. The third-order valence-corrected chi connectivity index (χ3v) is 4.19. The van der Waals surface area contributed by atoms with E-state index in [-0.39, 0.29) is 18.2 Å². The van der Waals surface area contributed by atoms with Crippen LogP contribution in [0.4, 0.5) is 13.2 Å². The molecule has 0 atom stereocenters. The van der Waals surface area contributed by atoms with Crippen LogP contribution >= 0.6 is 12.4 Å². The fraction of sp³-hybridized carbons (Fsp3) is 0.227. The number of ether oxygens (including phenoxy) is 3. The van der Waals surface area contributed by atoms with Crippen LogP contribution in [0.15, 0.2) is 67.0 Å².